The van der Waals surface area contributed by atoms with Crippen LogP contribution < -0.4 is 34.9 Å². The van der Waals surface area contributed by atoms with Gasteiger partial charge in [0.1, 0.15) is 4.90 Å². The Morgan fingerprint density at radius 3 is 2.28 bits per heavy atom. The van der Waals surface area contributed by atoms with E-state index in [-0.39, 0.29) is 42.1 Å². The summed E-state index contributed by atoms with van der Waals surface area (Å²) in [6, 6.07) is 5.40. The van der Waals surface area contributed by atoms with E-state index < -0.39 is 26.8 Å². The second-order valence-corrected chi connectivity index (χ2v) is 4.74. The molecule has 0 saturated carbocycles. The zero-order chi connectivity index (χ0) is 12.6. The Hall–Kier alpha value is -0.990. The molecule has 2 amide bonds. The Bertz CT molecular complexity index is 656. The molecular formula is C10H8NNaO5S. The molecule has 1 aromatic carbocycles. The van der Waals surface area contributed by atoms with Crippen LogP contribution in [0.25, 0.3) is 5.57 Å². The third-order valence-electron chi connectivity index (χ3n) is 2.21. The summed E-state index contributed by atoms with van der Waals surface area (Å²) in [7, 11) is -4.44. The molecule has 0 fully saturated rings. The van der Waals surface area contributed by atoms with E-state index >= 15 is 0 Å². The number of carbonyl (C=O) groups is 2. The van der Waals surface area contributed by atoms with Crippen LogP contribution in [0.3, 0.4) is 0 Å². The normalized spacial score (nSPS) is 14.8. The van der Waals surface area contributed by atoms with Crippen molar-refractivity contribution in [1.29, 1.82) is 0 Å². The van der Waals surface area contributed by atoms with E-state index in [9.17, 15) is 18.0 Å². The quantitative estimate of drug-likeness (QED) is 0.343. The van der Waals surface area contributed by atoms with Crippen molar-refractivity contribution in [3.05, 3.63) is 35.9 Å². The molecule has 90 valence electrons. The molecular weight excluding hydrogens is 269 g/mol. The van der Waals surface area contributed by atoms with E-state index in [1.807, 2.05) is 5.32 Å². The topological polar surface area (TPSA) is 101 Å². The summed E-state index contributed by atoms with van der Waals surface area (Å²) in [6.07, 6.45) is 0.992. The van der Waals surface area contributed by atoms with Gasteiger partial charge in [0.25, 0.3) is 21.9 Å². The molecule has 2 N–H and O–H groups in total. The monoisotopic (exact) mass is 277 g/mol. The molecule has 0 aliphatic carbocycles. The van der Waals surface area contributed by atoms with Crippen LogP contribution in [0.5, 0.6) is 0 Å². The first-order chi connectivity index (χ1) is 7.89. The summed E-state index contributed by atoms with van der Waals surface area (Å²) in [5.74, 6) is -1.30. The Labute approximate surface area is 127 Å². The van der Waals surface area contributed by atoms with Gasteiger partial charge in [0.15, 0.2) is 0 Å². The number of amides is 2. The molecule has 1 aliphatic rings. The average Bonchev–Trinajstić information content (AvgIpc) is 2.56. The first-order valence-corrected chi connectivity index (χ1v) is 5.97. The number of imide groups is 1. The molecule has 0 spiro atoms. The fourth-order valence-corrected chi connectivity index (χ4v) is 2.23. The zero-order valence-electron chi connectivity index (χ0n) is 10.4. The first kappa shape index (κ1) is 15.1. The Morgan fingerprint density at radius 1 is 1.17 bits per heavy atom. The van der Waals surface area contributed by atoms with Crippen LogP contribution >= 0.6 is 0 Å². The molecule has 8 heteroatoms. The van der Waals surface area contributed by atoms with Crippen molar-refractivity contribution in [1.82, 2.24) is 5.32 Å². The second kappa shape index (κ2) is 5.33. The molecule has 1 aromatic rings. The maximum absolute atomic E-state index is 11.4. The minimum Gasteiger partial charge on any atom is -1.00 e. The molecule has 0 unspecified atom stereocenters. The first-order valence-electron chi connectivity index (χ1n) is 4.53. The smallest absolute Gasteiger partial charge is 1.00 e. The Kier molecular flexibility index (Phi) is 4.46. The largest absolute Gasteiger partial charge is 1.00 e. The van der Waals surface area contributed by atoms with Crippen molar-refractivity contribution >= 4 is 27.5 Å². The van der Waals surface area contributed by atoms with E-state index in [1.165, 1.54) is 18.2 Å². The summed E-state index contributed by atoms with van der Waals surface area (Å²) >= 11 is 0. The Balaban J connectivity index is 0.00000162. The number of benzene rings is 1. The molecule has 2 rings (SSSR count). The number of hydrogen-bond acceptors (Lipinski definition) is 4. The van der Waals surface area contributed by atoms with Gasteiger partial charge in [-0.3, -0.25) is 19.5 Å². The molecule has 18 heavy (non-hydrogen) atoms. The van der Waals surface area contributed by atoms with Gasteiger partial charge < -0.3 is 1.43 Å². The number of carbonyl (C=O) groups excluding carboxylic acids is 2. The van der Waals surface area contributed by atoms with E-state index in [0.29, 0.717) is 0 Å². The average molecular weight is 277 g/mol. The van der Waals surface area contributed by atoms with Crippen LogP contribution in [0.1, 0.15) is 6.99 Å². The van der Waals surface area contributed by atoms with Crippen molar-refractivity contribution < 1.29 is 53.5 Å². The maximum Gasteiger partial charge on any atom is 1.00 e. The van der Waals surface area contributed by atoms with Crippen molar-refractivity contribution in [2.45, 2.75) is 4.90 Å². The third kappa shape index (κ3) is 2.88. The van der Waals surface area contributed by atoms with Crippen molar-refractivity contribution in [3.8, 4) is 0 Å². The van der Waals surface area contributed by atoms with Gasteiger partial charge in [0.2, 0.25) is 0 Å². The maximum atomic E-state index is 11.4. The minimum absolute atomic E-state index is 0. The Morgan fingerprint density at radius 2 is 1.78 bits per heavy atom. The van der Waals surface area contributed by atoms with Crippen molar-refractivity contribution in [2.24, 2.45) is 0 Å². The van der Waals surface area contributed by atoms with Crippen LogP contribution in [0.4, 0.5) is 0 Å². The van der Waals surface area contributed by atoms with Crippen molar-refractivity contribution in [3.63, 3.8) is 0 Å². The number of nitrogens with one attached hydrogen (secondary N) is 1. The molecule has 0 atom stereocenters. The van der Waals surface area contributed by atoms with Gasteiger partial charge >= 0.3 is 29.6 Å². The number of hydrogen-bond donors (Lipinski definition) is 2. The zero-order valence-corrected chi connectivity index (χ0v) is 12.2. The number of rotatable bonds is 2. The second-order valence-electron chi connectivity index (χ2n) is 3.35. The fraction of sp³-hybridized carbons (Fsp3) is 0. The van der Waals surface area contributed by atoms with Crippen LogP contribution in [-0.4, -0.2) is 24.8 Å². The van der Waals surface area contributed by atoms with Crippen LogP contribution in [0.15, 0.2) is 35.2 Å². The van der Waals surface area contributed by atoms with Gasteiger partial charge in [0, 0.05) is 11.6 Å². The summed E-state index contributed by atoms with van der Waals surface area (Å²) in [4.78, 5) is 22.0. The molecule has 1 heterocycles. The van der Waals surface area contributed by atoms with E-state index in [1.54, 1.807) is 0 Å². The molecule has 0 saturated heterocycles. The van der Waals surface area contributed by atoms with Gasteiger partial charge in [-0.2, -0.15) is 8.42 Å². The van der Waals surface area contributed by atoms with E-state index in [4.69, 9.17) is 4.55 Å². The van der Waals surface area contributed by atoms with Gasteiger partial charge in [-0.15, -0.1) is 0 Å². The summed E-state index contributed by atoms with van der Waals surface area (Å²) in [6.45, 7) is 0. The minimum atomic E-state index is -4.44. The van der Waals surface area contributed by atoms with Gasteiger partial charge in [-0.25, -0.2) is 0 Å². The van der Waals surface area contributed by atoms with Gasteiger partial charge in [-0.05, 0) is 6.07 Å². The summed E-state index contributed by atoms with van der Waals surface area (Å²) < 4.78 is 31.2. The van der Waals surface area contributed by atoms with Crippen LogP contribution in [0, 0.1) is 0 Å². The molecule has 1 aliphatic heterocycles. The predicted molar refractivity (Wildman–Crippen MR) is 58.5 cm³/mol. The third-order valence-corrected chi connectivity index (χ3v) is 3.12. The van der Waals surface area contributed by atoms with Gasteiger partial charge in [0.05, 0.1) is 5.57 Å². The molecule has 0 bridgehead atoms. The summed E-state index contributed by atoms with van der Waals surface area (Å²) in [5.41, 5.74) is -0.0819. The SMILES string of the molecule is O=C1C=C(c2ccccc2S(=O)(=O)O)C(=O)N1.[H-].[Na+]. The van der Waals surface area contributed by atoms with Crippen LogP contribution in [-0.2, 0) is 19.7 Å². The van der Waals surface area contributed by atoms with E-state index in [0.717, 1.165) is 12.1 Å². The van der Waals surface area contributed by atoms with Crippen molar-refractivity contribution in [2.75, 3.05) is 0 Å². The fourth-order valence-electron chi connectivity index (χ4n) is 1.53. The summed E-state index contributed by atoms with van der Waals surface area (Å²) in [5, 5.41) is 2.00. The van der Waals surface area contributed by atoms with Gasteiger partial charge in [-0.1, -0.05) is 18.2 Å². The van der Waals surface area contributed by atoms with E-state index in [2.05, 4.69) is 0 Å². The molecule has 0 radical (unpaired) electrons. The predicted octanol–water partition coefficient (Wildman–Crippen LogP) is -2.91. The standard InChI is InChI=1S/C10H7NO5S.Na.H/c12-9-5-7(10(13)11-9)6-3-1-2-4-8(6)17(14,15)16;;/h1-5H,(H,11,12,13)(H,14,15,16);;/q;+1;-1. The molecule has 0 aromatic heterocycles. The van der Waals surface area contributed by atoms with Crippen LogP contribution in [0.2, 0.25) is 0 Å². The molecule has 6 nitrogen and oxygen atoms in total.